The third-order valence-corrected chi connectivity index (χ3v) is 4.54. The van der Waals surface area contributed by atoms with Crippen LogP contribution in [0.1, 0.15) is 32.6 Å². The molecule has 0 aliphatic rings. The summed E-state index contributed by atoms with van der Waals surface area (Å²) in [6, 6.07) is 9.40. The summed E-state index contributed by atoms with van der Waals surface area (Å²) in [6.45, 7) is 5.80. The molecule has 98 valence electrons. The number of halogens is 2. The minimum absolute atomic E-state index is 0.0261. The molecular formula is C16H14BrClO. The fourth-order valence-corrected chi connectivity index (χ4v) is 2.66. The molecule has 0 saturated carbocycles. The normalized spacial score (nSPS) is 10.6. The SMILES string of the molecule is Cc1cc(C(=O)c2cccc(C)c2Cl)c(C)cc1Br. The molecule has 2 aromatic carbocycles. The molecule has 0 radical (unpaired) electrons. The average molecular weight is 338 g/mol. The van der Waals surface area contributed by atoms with Crippen LogP contribution in [0.15, 0.2) is 34.8 Å². The van der Waals surface area contributed by atoms with Crippen LogP contribution in [0.2, 0.25) is 5.02 Å². The highest BCUT2D eigenvalue weighted by Gasteiger charge is 2.16. The van der Waals surface area contributed by atoms with Gasteiger partial charge in [-0.05, 0) is 55.7 Å². The molecule has 0 heterocycles. The summed E-state index contributed by atoms with van der Waals surface area (Å²) < 4.78 is 1.01. The van der Waals surface area contributed by atoms with Crippen LogP contribution < -0.4 is 0 Å². The van der Waals surface area contributed by atoms with Crippen molar-refractivity contribution < 1.29 is 4.79 Å². The number of hydrogen-bond acceptors (Lipinski definition) is 1. The van der Waals surface area contributed by atoms with Crippen LogP contribution in [0.4, 0.5) is 0 Å². The highest BCUT2D eigenvalue weighted by atomic mass is 79.9. The zero-order chi connectivity index (χ0) is 14.2. The van der Waals surface area contributed by atoms with E-state index in [4.69, 9.17) is 11.6 Å². The van der Waals surface area contributed by atoms with Crippen LogP contribution in [0.5, 0.6) is 0 Å². The van der Waals surface area contributed by atoms with E-state index in [0.29, 0.717) is 16.1 Å². The highest BCUT2D eigenvalue weighted by Crippen LogP contribution is 2.27. The Bertz CT molecular complexity index is 662. The Morgan fingerprint density at radius 3 is 2.37 bits per heavy atom. The Hall–Kier alpha value is -1.12. The predicted octanol–water partition coefficient (Wildman–Crippen LogP) is 5.26. The molecule has 0 fully saturated rings. The molecule has 3 heteroatoms. The van der Waals surface area contributed by atoms with Gasteiger partial charge in [-0.3, -0.25) is 4.79 Å². The average Bonchev–Trinajstić information content (AvgIpc) is 2.36. The Morgan fingerprint density at radius 1 is 1.00 bits per heavy atom. The van der Waals surface area contributed by atoms with E-state index in [1.165, 1.54) is 0 Å². The lowest BCUT2D eigenvalue weighted by Crippen LogP contribution is -2.06. The van der Waals surface area contributed by atoms with Crippen LogP contribution in [0.3, 0.4) is 0 Å². The summed E-state index contributed by atoms with van der Waals surface area (Å²) in [6.07, 6.45) is 0. The van der Waals surface area contributed by atoms with Crippen LogP contribution in [0.25, 0.3) is 0 Å². The van der Waals surface area contributed by atoms with E-state index >= 15 is 0 Å². The largest absolute Gasteiger partial charge is 0.289 e. The van der Waals surface area contributed by atoms with Gasteiger partial charge < -0.3 is 0 Å². The third-order valence-electron chi connectivity index (χ3n) is 3.19. The molecular weight excluding hydrogens is 324 g/mol. The van der Waals surface area contributed by atoms with Crippen molar-refractivity contribution >= 4 is 33.3 Å². The molecule has 0 unspecified atom stereocenters. The van der Waals surface area contributed by atoms with E-state index in [-0.39, 0.29) is 5.78 Å². The zero-order valence-corrected chi connectivity index (χ0v) is 13.4. The lowest BCUT2D eigenvalue weighted by Gasteiger charge is -2.10. The summed E-state index contributed by atoms with van der Waals surface area (Å²) in [7, 11) is 0. The number of ketones is 1. The van der Waals surface area contributed by atoms with Crippen molar-refractivity contribution in [3.05, 3.63) is 67.6 Å². The van der Waals surface area contributed by atoms with E-state index in [1.807, 2.05) is 45.0 Å². The molecule has 0 spiro atoms. The smallest absolute Gasteiger partial charge is 0.194 e. The lowest BCUT2D eigenvalue weighted by atomic mass is 9.96. The van der Waals surface area contributed by atoms with Gasteiger partial charge in [0.05, 0.1) is 5.02 Å². The number of rotatable bonds is 2. The second kappa shape index (κ2) is 5.48. The summed E-state index contributed by atoms with van der Waals surface area (Å²) in [5.74, 6) is -0.0261. The maximum Gasteiger partial charge on any atom is 0.194 e. The first-order valence-corrected chi connectivity index (χ1v) is 7.15. The standard InChI is InChI=1S/C16H14BrClO/c1-9-5-4-6-12(15(9)18)16(19)13-7-11(3)14(17)8-10(13)2/h4-8H,1-3H3. The number of hydrogen-bond donors (Lipinski definition) is 0. The van der Waals surface area contributed by atoms with Gasteiger partial charge in [0.25, 0.3) is 0 Å². The number of benzene rings is 2. The van der Waals surface area contributed by atoms with Gasteiger partial charge in [0, 0.05) is 15.6 Å². The van der Waals surface area contributed by atoms with Crippen molar-refractivity contribution in [3.8, 4) is 0 Å². The molecule has 0 atom stereocenters. The van der Waals surface area contributed by atoms with Gasteiger partial charge in [-0.2, -0.15) is 0 Å². The first kappa shape index (κ1) is 14.3. The van der Waals surface area contributed by atoms with E-state index in [9.17, 15) is 4.79 Å². The van der Waals surface area contributed by atoms with Gasteiger partial charge in [-0.1, -0.05) is 39.7 Å². The Kier molecular flexibility index (Phi) is 4.12. The zero-order valence-electron chi connectivity index (χ0n) is 11.1. The van der Waals surface area contributed by atoms with Crippen LogP contribution >= 0.6 is 27.5 Å². The second-order valence-corrected chi connectivity index (χ2v) is 5.91. The monoisotopic (exact) mass is 336 g/mol. The molecule has 2 aromatic rings. The summed E-state index contributed by atoms with van der Waals surface area (Å²) in [5, 5.41) is 0.535. The van der Waals surface area contributed by atoms with Gasteiger partial charge in [0.15, 0.2) is 5.78 Å². The molecule has 1 nitrogen and oxygen atoms in total. The summed E-state index contributed by atoms with van der Waals surface area (Å²) >= 11 is 9.71. The quantitative estimate of drug-likeness (QED) is 0.683. The fourth-order valence-electron chi connectivity index (χ4n) is 1.99. The maximum absolute atomic E-state index is 12.6. The molecule has 0 aliphatic carbocycles. The van der Waals surface area contributed by atoms with E-state index in [2.05, 4.69) is 15.9 Å². The van der Waals surface area contributed by atoms with Gasteiger partial charge in [-0.15, -0.1) is 0 Å². The third kappa shape index (κ3) is 2.75. The van der Waals surface area contributed by atoms with Crippen molar-refractivity contribution in [2.75, 3.05) is 0 Å². The molecule has 0 N–H and O–H groups in total. The topological polar surface area (TPSA) is 17.1 Å². The Morgan fingerprint density at radius 2 is 1.68 bits per heavy atom. The van der Waals surface area contributed by atoms with Crippen molar-refractivity contribution in [2.45, 2.75) is 20.8 Å². The van der Waals surface area contributed by atoms with Crippen molar-refractivity contribution in [1.29, 1.82) is 0 Å². The van der Waals surface area contributed by atoms with Crippen LogP contribution in [0, 0.1) is 20.8 Å². The van der Waals surface area contributed by atoms with Crippen LogP contribution in [-0.4, -0.2) is 5.78 Å². The molecule has 2 rings (SSSR count). The molecule has 19 heavy (non-hydrogen) atoms. The first-order valence-electron chi connectivity index (χ1n) is 5.98. The van der Waals surface area contributed by atoms with Crippen molar-refractivity contribution in [1.82, 2.24) is 0 Å². The molecule has 0 aliphatic heterocycles. The van der Waals surface area contributed by atoms with Gasteiger partial charge in [0.2, 0.25) is 0 Å². The van der Waals surface area contributed by atoms with E-state index < -0.39 is 0 Å². The number of carbonyl (C=O) groups is 1. The molecule has 0 amide bonds. The number of carbonyl (C=O) groups excluding carboxylic acids is 1. The molecule has 0 saturated heterocycles. The Labute approximate surface area is 126 Å². The summed E-state index contributed by atoms with van der Waals surface area (Å²) in [4.78, 5) is 12.6. The fraction of sp³-hybridized carbons (Fsp3) is 0.188. The summed E-state index contributed by atoms with van der Waals surface area (Å²) in [5.41, 5.74) is 4.16. The van der Waals surface area contributed by atoms with Gasteiger partial charge in [-0.25, -0.2) is 0 Å². The predicted molar refractivity (Wildman–Crippen MR) is 83.2 cm³/mol. The first-order chi connectivity index (χ1) is 8.91. The number of aryl methyl sites for hydroxylation is 3. The van der Waals surface area contributed by atoms with Gasteiger partial charge in [0.1, 0.15) is 0 Å². The molecule has 0 aromatic heterocycles. The maximum atomic E-state index is 12.6. The minimum atomic E-state index is -0.0261. The van der Waals surface area contributed by atoms with Gasteiger partial charge >= 0.3 is 0 Å². The van der Waals surface area contributed by atoms with Crippen molar-refractivity contribution in [3.63, 3.8) is 0 Å². The molecule has 0 bridgehead atoms. The lowest BCUT2D eigenvalue weighted by molar-refractivity contribution is 0.103. The van der Waals surface area contributed by atoms with Crippen molar-refractivity contribution in [2.24, 2.45) is 0 Å². The van der Waals surface area contributed by atoms with Crippen LogP contribution in [-0.2, 0) is 0 Å². The second-order valence-electron chi connectivity index (χ2n) is 4.68. The minimum Gasteiger partial charge on any atom is -0.289 e. The van der Waals surface area contributed by atoms with E-state index in [0.717, 1.165) is 21.2 Å². The highest BCUT2D eigenvalue weighted by molar-refractivity contribution is 9.10. The Balaban J connectivity index is 2.56. The van der Waals surface area contributed by atoms with E-state index in [1.54, 1.807) is 6.07 Å².